The number of aromatic nitrogens is 1. The van der Waals surface area contributed by atoms with Gasteiger partial charge in [0.15, 0.2) is 0 Å². The van der Waals surface area contributed by atoms with E-state index in [9.17, 15) is 9.90 Å². The van der Waals surface area contributed by atoms with Crippen LogP contribution in [-0.2, 0) is 0 Å². The number of rotatable bonds is 5. The van der Waals surface area contributed by atoms with Gasteiger partial charge in [-0.25, -0.2) is 0 Å². The third-order valence-corrected chi connectivity index (χ3v) is 4.44. The molecule has 24 heavy (non-hydrogen) atoms. The maximum atomic E-state index is 12.6. The Hall–Kier alpha value is -2.40. The van der Waals surface area contributed by atoms with Crippen LogP contribution >= 0.6 is 0 Å². The molecule has 3 rings (SSSR count). The number of benzene rings is 1. The molecule has 5 heteroatoms. The van der Waals surface area contributed by atoms with Gasteiger partial charge in [0.05, 0.1) is 6.10 Å². The highest BCUT2D eigenvalue weighted by Crippen LogP contribution is 2.27. The van der Waals surface area contributed by atoms with Gasteiger partial charge < -0.3 is 14.7 Å². The lowest BCUT2D eigenvalue weighted by Crippen LogP contribution is -2.34. The number of amides is 1. The van der Waals surface area contributed by atoms with Crippen LogP contribution in [0.15, 0.2) is 48.8 Å². The van der Waals surface area contributed by atoms with Crippen LogP contribution in [-0.4, -0.2) is 40.6 Å². The predicted molar refractivity (Wildman–Crippen MR) is 91.1 cm³/mol. The van der Waals surface area contributed by atoms with Crippen molar-refractivity contribution in [3.8, 4) is 11.5 Å². The molecule has 1 aromatic heterocycles. The summed E-state index contributed by atoms with van der Waals surface area (Å²) in [5, 5.41) is 9.94. The Balaban J connectivity index is 1.67. The van der Waals surface area contributed by atoms with Gasteiger partial charge in [-0.1, -0.05) is 12.5 Å². The van der Waals surface area contributed by atoms with Gasteiger partial charge in [0.1, 0.15) is 11.5 Å². The van der Waals surface area contributed by atoms with Crippen molar-refractivity contribution in [1.82, 2.24) is 9.88 Å². The number of aliphatic hydroxyl groups is 1. The first kappa shape index (κ1) is 16.5. The number of pyridine rings is 1. The maximum absolute atomic E-state index is 12.6. The monoisotopic (exact) mass is 326 g/mol. The van der Waals surface area contributed by atoms with Crippen molar-refractivity contribution in [1.29, 1.82) is 0 Å². The Kier molecular flexibility index (Phi) is 5.11. The first-order valence-corrected chi connectivity index (χ1v) is 8.25. The van der Waals surface area contributed by atoms with Crippen LogP contribution in [0.2, 0.25) is 0 Å². The number of ether oxygens (including phenoxy) is 1. The van der Waals surface area contributed by atoms with Crippen molar-refractivity contribution >= 4 is 5.91 Å². The Bertz CT molecular complexity index is 690. The van der Waals surface area contributed by atoms with Gasteiger partial charge >= 0.3 is 0 Å². The van der Waals surface area contributed by atoms with E-state index in [1.807, 2.05) is 12.1 Å². The number of aliphatic hydroxyl groups excluding tert-OH is 1. The van der Waals surface area contributed by atoms with Crippen LogP contribution in [0.5, 0.6) is 11.5 Å². The molecule has 1 amide bonds. The van der Waals surface area contributed by atoms with Gasteiger partial charge in [-0.15, -0.1) is 0 Å². The molecule has 1 fully saturated rings. The molecule has 1 aliphatic rings. The fraction of sp³-hybridized carbons (Fsp3) is 0.368. The summed E-state index contributed by atoms with van der Waals surface area (Å²) < 4.78 is 5.75. The SMILES string of the molecule is CN(CC1CCCC1O)C(=O)c1cccc(Oc2ccncc2)c1. The van der Waals surface area contributed by atoms with Crippen LogP contribution in [0.3, 0.4) is 0 Å². The van der Waals surface area contributed by atoms with Crippen molar-refractivity contribution in [3.63, 3.8) is 0 Å². The number of nitrogens with zero attached hydrogens (tertiary/aromatic N) is 2. The number of carbonyl (C=O) groups excluding carboxylic acids is 1. The van der Waals surface area contributed by atoms with Gasteiger partial charge in [0.2, 0.25) is 0 Å². The van der Waals surface area contributed by atoms with E-state index < -0.39 is 0 Å². The van der Waals surface area contributed by atoms with Crippen molar-refractivity contribution in [2.75, 3.05) is 13.6 Å². The van der Waals surface area contributed by atoms with Gasteiger partial charge in [0, 0.05) is 37.5 Å². The molecule has 0 aliphatic heterocycles. The lowest BCUT2D eigenvalue weighted by Gasteiger charge is -2.23. The van der Waals surface area contributed by atoms with Crippen molar-refractivity contribution in [2.45, 2.75) is 25.4 Å². The summed E-state index contributed by atoms with van der Waals surface area (Å²) in [6.45, 7) is 0.579. The van der Waals surface area contributed by atoms with Crippen LogP contribution < -0.4 is 4.74 Å². The summed E-state index contributed by atoms with van der Waals surface area (Å²) in [7, 11) is 1.78. The highest BCUT2D eigenvalue weighted by atomic mass is 16.5. The molecule has 0 radical (unpaired) electrons. The molecule has 0 spiro atoms. The standard InChI is InChI=1S/C19H22N2O3/c1-21(13-15-5-3-7-18(15)22)19(23)14-4-2-6-17(12-14)24-16-8-10-20-11-9-16/h2,4,6,8-12,15,18,22H,3,5,7,13H2,1H3. The summed E-state index contributed by atoms with van der Waals surface area (Å²) >= 11 is 0. The van der Waals surface area contributed by atoms with E-state index in [1.54, 1.807) is 48.6 Å². The maximum Gasteiger partial charge on any atom is 0.253 e. The van der Waals surface area contributed by atoms with E-state index >= 15 is 0 Å². The molecule has 5 nitrogen and oxygen atoms in total. The molecular weight excluding hydrogens is 304 g/mol. The van der Waals surface area contributed by atoms with Crippen LogP contribution in [0.25, 0.3) is 0 Å². The second kappa shape index (κ2) is 7.45. The molecule has 1 aromatic carbocycles. The highest BCUT2D eigenvalue weighted by molar-refractivity contribution is 5.94. The summed E-state index contributed by atoms with van der Waals surface area (Å²) in [4.78, 5) is 18.3. The molecule has 2 atom stereocenters. The average Bonchev–Trinajstić information content (AvgIpc) is 3.00. The summed E-state index contributed by atoms with van der Waals surface area (Å²) in [6.07, 6.45) is 5.87. The topological polar surface area (TPSA) is 62.7 Å². The van der Waals surface area contributed by atoms with Gasteiger partial charge in [0.25, 0.3) is 5.91 Å². The molecule has 0 bridgehead atoms. The zero-order chi connectivity index (χ0) is 16.9. The summed E-state index contributed by atoms with van der Waals surface area (Å²) in [5.74, 6) is 1.41. The first-order chi connectivity index (χ1) is 11.6. The van der Waals surface area contributed by atoms with Gasteiger partial charge in [-0.2, -0.15) is 0 Å². The summed E-state index contributed by atoms with van der Waals surface area (Å²) in [6, 6.07) is 10.7. The van der Waals surface area contributed by atoms with E-state index in [1.165, 1.54) is 0 Å². The smallest absolute Gasteiger partial charge is 0.253 e. The normalized spacial score (nSPS) is 19.9. The van der Waals surface area contributed by atoms with Crippen LogP contribution in [0, 0.1) is 5.92 Å². The molecular formula is C19H22N2O3. The average molecular weight is 326 g/mol. The molecule has 1 heterocycles. The Labute approximate surface area is 141 Å². The second-order valence-corrected chi connectivity index (χ2v) is 6.26. The first-order valence-electron chi connectivity index (χ1n) is 8.25. The Morgan fingerprint density at radius 3 is 2.75 bits per heavy atom. The van der Waals surface area contributed by atoms with Gasteiger partial charge in [-0.05, 0) is 43.2 Å². The molecule has 1 saturated carbocycles. The molecule has 2 aromatic rings. The number of carbonyl (C=O) groups is 1. The zero-order valence-electron chi connectivity index (χ0n) is 13.8. The van der Waals surface area contributed by atoms with Crippen LogP contribution in [0.4, 0.5) is 0 Å². The fourth-order valence-corrected chi connectivity index (χ4v) is 3.12. The highest BCUT2D eigenvalue weighted by Gasteiger charge is 2.27. The lowest BCUT2D eigenvalue weighted by atomic mass is 10.1. The largest absolute Gasteiger partial charge is 0.457 e. The molecule has 1 aliphatic carbocycles. The summed E-state index contributed by atoms with van der Waals surface area (Å²) in [5.41, 5.74) is 0.580. The van der Waals surface area contributed by atoms with Gasteiger partial charge in [-0.3, -0.25) is 9.78 Å². The minimum Gasteiger partial charge on any atom is -0.457 e. The quantitative estimate of drug-likeness (QED) is 0.917. The fourth-order valence-electron chi connectivity index (χ4n) is 3.12. The van der Waals surface area contributed by atoms with Crippen molar-refractivity contribution < 1.29 is 14.6 Å². The predicted octanol–water partition coefficient (Wildman–Crippen LogP) is 3.11. The van der Waals surface area contributed by atoms with E-state index in [0.29, 0.717) is 23.6 Å². The molecule has 1 N–H and O–H groups in total. The van der Waals surface area contributed by atoms with E-state index in [-0.39, 0.29) is 17.9 Å². The van der Waals surface area contributed by atoms with E-state index in [4.69, 9.17) is 4.74 Å². The van der Waals surface area contributed by atoms with E-state index in [2.05, 4.69) is 4.98 Å². The number of hydrogen-bond acceptors (Lipinski definition) is 4. The molecule has 2 unspecified atom stereocenters. The molecule has 126 valence electrons. The minimum absolute atomic E-state index is 0.0609. The third-order valence-electron chi connectivity index (χ3n) is 4.44. The Morgan fingerprint density at radius 2 is 2.04 bits per heavy atom. The van der Waals surface area contributed by atoms with Crippen LogP contribution in [0.1, 0.15) is 29.6 Å². The van der Waals surface area contributed by atoms with E-state index in [0.717, 1.165) is 19.3 Å². The zero-order valence-corrected chi connectivity index (χ0v) is 13.8. The number of hydrogen-bond donors (Lipinski definition) is 1. The third kappa shape index (κ3) is 3.92. The van der Waals surface area contributed by atoms with Crippen molar-refractivity contribution in [2.24, 2.45) is 5.92 Å². The lowest BCUT2D eigenvalue weighted by molar-refractivity contribution is 0.0693. The Morgan fingerprint density at radius 1 is 1.25 bits per heavy atom. The molecule has 0 saturated heterocycles. The minimum atomic E-state index is -0.290. The second-order valence-electron chi connectivity index (χ2n) is 6.26. The van der Waals surface area contributed by atoms with Crippen molar-refractivity contribution in [3.05, 3.63) is 54.4 Å².